The van der Waals surface area contributed by atoms with Crippen LogP contribution in [0, 0.1) is 0 Å². The summed E-state index contributed by atoms with van der Waals surface area (Å²) in [5.74, 6) is 0.949. The van der Waals surface area contributed by atoms with Crippen molar-refractivity contribution >= 4 is 0 Å². The lowest BCUT2D eigenvalue weighted by Crippen LogP contribution is -2.16. The Morgan fingerprint density at radius 2 is 1.38 bits per heavy atom. The zero-order valence-corrected chi connectivity index (χ0v) is 19.1. The number of hydrogen-bond donors (Lipinski definition) is 0. The lowest BCUT2D eigenvalue weighted by Gasteiger charge is -2.09. The summed E-state index contributed by atoms with van der Waals surface area (Å²) in [5.41, 5.74) is 1.37. The van der Waals surface area contributed by atoms with Crippen LogP contribution in [0.25, 0.3) is 0 Å². The third kappa shape index (κ3) is 12.1. The van der Waals surface area contributed by atoms with E-state index in [-0.39, 0.29) is 5.60 Å². The fourth-order valence-electron chi connectivity index (χ4n) is 3.59. The Kier molecular flexibility index (Phi) is 12.1. The Morgan fingerprint density at radius 3 is 1.97 bits per heavy atom. The van der Waals surface area contributed by atoms with Crippen molar-refractivity contribution in [2.24, 2.45) is 0 Å². The van der Waals surface area contributed by atoms with Gasteiger partial charge >= 0.3 is 0 Å². The molecule has 0 saturated carbocycles. The average molecular weight is 401 g/mol. The summed E-state index contributed by atoms with van der Waals surface area (Å²) in [4.78, 5) is 0. The van der Waals surface area contributed by atoms with Crippen LogP contribution in [0.3, 0.4) is 0 Å². The van der Waals surface area contributed by atoms with Gasteiger partial charge in [0.15, 0.2) is 0 Å². The summed E-state index contributed by atoms with van der Waals surface area (Å²) in [6.45, 7) is 5.85. The van der Waals surface area contributed by atoms with E-state index in [9.17, 15) is 0 Å². The van der Waals surface area contributed by atoms with Crippen molar-refractivity contribution in [3.8, 4) is 5.75 Å². The molecule has 29 heavy (non-hydrogen) atoms. The smallest absolute Gasteiger partial charge is 0.123 e. The van der Waals surface area contributed by atoms with Crippen molar-refractivity contribution in [3.63, 3.8) is 0 Å². The van der Waals surface area contributed by atoms with Crippen LogP contribution in [0.15, 0.2) is 36.4 Å². The molecule has 0 aliphatic carbocycles. The lowest BCUT2D eigenvalue weighted by molar-refractivity contribution is 0.202. The topological polar surface area (TPSA) is 21.8 Å². The van der Waals surface area contributed by atoms with Gasteiger partial charge in [-0.2, -0.15) is 0 Å². The molecule has 1 atom stereocenters. The average Bonchev–Trinajstić information content (AvgIpc) is 3.48. The second kappa shape index (κ2) is 14.7. The first-order valence-electron chi connectivity index (χ1n) is 12.2. The van der Waals surface area contributed by atoms with Gasteiger partial charge in [0.25, 0.3) is 0 Å². The number of benzene rings is 1. The Morgan fingerprint density at radius 1 is 0.828 bits per heavy atom. The number of hydrogen-bond acceptors (Lipinski definition) is 2. The fraction of sp³-hybridized carbons (Fsp3) is 0.704. The van der Waals surface area contributed by atoms with Crippen LogP contribution in [0.2, 0.25) is 0 Å². The van der Waals surface area contributed by atoms with E-state index < -0.39 is 0 Å². The zero-order chi connectivity index (χ0) is 20.6. The first-order valence-corrected chi connectivity index (χ1v) is 12.2. The summed E-state index contributed by atoms with van der Waals surface area (Å²) >= 11 is 0. The molecular formula is C27H44O2. The molecule has 1 aliphatic rings. The van der Waals surface area contributed by atoms with Crippen LogP contribution < -0.4 is 4.74 Å². The molecule has 2 heteroatoms. The van der Waals surface area contributed by atoms with Crippen molar-refractivity contribution < 1.29 is 9.47 Å². The normalized spacial score (nSPS) is 18.4. The molecule has 0 spiro atoms. The minimum Gasteiger partial charge on any atom is -0.491 e. The molecule has 0 N–H and O–H groups in total. The van der Waals surface area contributed by atoms with Crippen LogP contribution in [-0.2, 0) is 11.2 Å². The second-order valence-corrected chi connectivity index (χ2v) is 9.01. The summed E-state index contributed by atoms with van der Waals surface area (Å²) in [6, 6.07) is 8.58. The van der Waals surface area contributed by atoms with Crippen molar-refractivity contribution in [1.29, 1.82) is 0 Å². The Bertz CT molecular complexity index is 542. The predicted molar refractivity (Wildman–Crippen MR) is 125 cm³/mol. The number of ether oxygens (including phenoxy) is 2. The Hall–Kier alpha value is -1.28. The van der Waals surface area contributed by atoms with Gasteiger partial charge in [-0.1, -0.05) is 82.6 Å². The minimum atomic E-state index is -0.0416. The number of allylic oxidation sites excluding steroid dienone is 2. The third-order valence-corrected chi connectivity index (χ3v) is 5.83. The SMILES string of the molecule is CCCCCCCCCCC/C=C/CCCCc1ccc(OCC2(C)CO2)cc1. The number of aryl methyl sites for hydroxylation is 1. The largest absolute Gasteiger partial charge is 0.491 e. The molecule has 2 rings (SSSR count). The molecular weight excluding hydrogens is 356 g/mol. The molecule has 1 aromatic carbocycles. The van der Waals surface area contributed by atoms with E-state index in [0.29, 0.717) is 6.61 Å². The van der Waals surface area contributed by atoms with Gasteiger partial charge < -0.3 is 9.47 Å². The molecule has 0 amide bonds. The molecule has 1 heterocycles. The molecule has 0 aromatic heterocycles. The van der Waals surface area contributed by atoms with Crippen molar-refractivity contribution in [1.82, 2.24) is 0 Å². The van der Waals surface area contributed by atoms with Crippen LogP contribution in [0.1, 0.15) is 103 Å². The first kappa shape index (κ1) is 24.0. The highest BCUT2D eigenvalue weighted by Crippen LogP contribution is 2.27. The first-order chi connectivity index (χ1) is 14.2. The highest BCUT2D eigenvalue weighted by molar-refractivity contribution is 5.27. The van der Waals surface area contributed by atoms with Gasteiger partial charge in [0.05, 0.1) is 6.61 Å². The van der Waals surface area contributed by atoms with Crippen molar-refractivity contribution in [2.75, 3.05) is 13.2 Å². The van der Waals surface area contributed by atoms with Crippen LogP contribution >= 0.6 is 0 Å². The van der Waals surface area contributed by atoms with Gasteiger partial charge in [0.2, 0.25) is 0 Å². The van der Waals surface area contributed by atoms with Crippen LogP contribution in [0.4, 0.5) is 0 Å². The summed E-state index contributed by atoms with van der Waals surface area (Å²) in [5, 5.41) is 0. The van der Waals surface area contributed by atoms with Crippen LogP contribution in [0.5, 0.6) is 5.75 Å². The molecule has 164 valence electrons. The number of rotatable bonds is 18. The summed E-state index contributed by atoms with van der Waals surface area (Å²) in [6.07, 6.45) is 23.7. The molecule has 0 bridgehead atoms. The molecule has 1 unspecified atom stereocenters. The van der Waals surface area contributed by atoms with Crippen molar-refractivity contribution in [2.45, 2.75) is 109 Å². The third-order valence-electron chi connectivity index (χ3n) is 5.83. The van der Waals surface area contributed by atoms with E-state index in [1.807, 2.05) is 0 Å². The summed E-state index contributed by atoms with van der Waals surface area (Å²) < 4.78 is 11.1. The van der Waals surface area contributed by atoms with Gasteiger partial charge in [0.1, 0.15) is 18.0 Å². The monoisotopic (exact) mass is 400 g/mol. The minimum absolute atomic E-state index is 0.0416. The van der Waals surface area contributed by atoms with E-state index >= 15 is 0 Å². The predicted octanol–water partition coefficient (Wildman–Crippen LogP) is 8.04. The fourth-order valence-corrected chi connectivity index (χ4v) is 3.59. The van der Waals surface area contributed by atoms with E-state index in [1.54, 1.807) is 0 Å². The standard InChI is InChI=1S/C27H44O2/c1-3-4-5-6-7-8-9-10-11-12-13-14-15-16-17-18-25-19-21-26(22-20-25)28-23-27(2)24-29-27/h13-14,19-22H,3-12,15-18,23-24H2,1-2H3/b14-13+. The molecule has 1 aromatic rings. The Balaban J connectivity index is 1.38. The summed E-state index contributed by atoms with van der Waals surface area (Å²) in [7, 11) is 0. The molecule has 0 radical (unpaired) electrons. The van der Waals surface area contributed by atoms with Gasteiger partial charge in [0, 0.05) is 0 Å². The number of epoxide rings is 1. The van der Waals surface area contributed by atoms with Crippen LogP contribution in [-0.4, -0.2) is 18.8 Å². The second-order valence-electron chi connectivity index (χ2n) is 9.01. The molecule has 2 nitrogen and oxygen atoms in total. The van der Waals surface area contributed by atoms with E-state index in [0.717, 1.165) is 18.8 Å². The van der Waals surface area contributed by atoms with Crippen molar-refractivity contribution in [3.05, 3.63) is 42.0 Å². The maximum atomic E-state index is 5.78. The molecule has 1 fully saturated rings. The Labute approximate surface area is 180 Å². The molecule has 1 saturated heterocycles. The highest BCUT2D eigenvalue weighted by atomic mass is 16.6. The quantitative estimate of drug-likeness (QED) is 0.141. The highest BCUT2D eigenvalue weighted by Gasteiger charge is 2.40. The van der Waals surface area contributed by atoms with Gasteiger partial charge in [-0.3, -0.25) is 0 Å². The lowest BCUT2D eigenvalue weighted by atomic mass is 10.1. The van der Waals surface area contributed by atoms with Gasteiger partial charge in [-0.05, 0) is 63.1 Å². The maximum absolute atomic E-state index is 5.78. The van der Waals surface area contributed by atoms with E-state index in [4.69, 9.17) is 9.47 Å². The van der Waals surface area contributed by atoms with E-state index in [1.165, 1.54) is 89.0 Å². The maximum Gasteiger partial charge on any atom is 0.123 e. The zero-order valence-electron chi connectivity index (χ0n) is 19.1. The van der Waals surface area contributed by atoms with Gasteiger partial charge in [-0.25, -0.2) is 0 Å². The molecule has 1 aliphatic heterocycles. The number of unbranched alkanes of at least 4 members (excludes halogenated alkanes) is 11. The van der Waals surface area contributed by atoms with E-state index in [2.05, 4.69) is 50.3 Å². The van der Waals surface area contributed by atoms with Gasteiger partial charge in [-0.15, -0.1) is 0 Å².